The lowest BCUT2D eigenvalue weighted by atomic mass is 10.0. The highest BCUT2D eigenvalue weighted by molar-refractivity contribution is 7.99. The molecule has 14 heavy (non-hydrogen) atoms. The molecule has 0 saturated carbocycles. The van der Waals surface area contributed by atoms with E-state index >= 15 is 0 Å². The molecule has 0 heterocycles. The predicted molar refractivity (Wildman–Crippen MR) is 54.1 cm³/mol. The second-order valence-corrected chi connectivity index (χ2v) is 4.28. The zero-order chi connectivity index (χ0) is 11.1. The molecule has 4 unspecified atom stereocenters. The van der Waals surface area contributed by atoms with Crippen LogP contribution in [-0.2, 0) is 0 Å². The maximum atomic E-state index is 9.34. The van der Waals surface area contributed by atoms with Crippen molar-refractivity contribution in [2.24, 2.45) is 0 Å². The van der Waals surface area contributed by atoms with E-state index in [1.165, 1.54) is 11.8 Å². The van der Waals surface area contributed by atoms with Gasteiger partial charge in [0.15, 0.2) is 0 Å². The van der Waals surface area contributed by atoms with Crippen molar-refractivity contribution in [2.75, 3.05) is 18.1 Å². The Bertz CT molecular complexity index is 146. The summed E-state index contributed by atoms with van der Waals surface area (Å²) >= 11 is 1.42. The molecule has 0 aromatic rings. The van der Waals surface area contributed by atoms with Crippen molar-refractivity contribution in [2.45, 2.75) is 31.3 Å². The molecule has 0 aliphatic heterocycles. The van der Waals surface area contributed by atoms with Crippen molar-refractivity contribution in [3.05, 3.63) is 0 Å². The molecule has 0 aliphatic carbocycles. The average Bonchev–Trinajstić information content (AvgIpc) is 2.22. The highest BCUT2D eigenvalue weighted by Crippen LogP contribution is 2.10. The summed E-state index contributed by atoms with van der Waals surface area (Å²) in [4.78, 5) is 0. The SMILES string of the molecule is CCSCC(O)C(O)C(O)C(O)CO. The lowest BCUT2D eigenvalue weighted by Gasteiger charge is -2.25. The summed E-state index contributed by atoms with van der Waals surface area (Å²) in [6.07, 6.45) is -5.48. The molecule has 0 aliphatic rings. The van der Waals surface area contributed by atoms with Gasteiger partial charge in [-0.15, -0.1) is 0 Å². The van der Waals surface area contributed by atoms with Crippen LogP contribution in [0.4, 0.5) is 0 Å². The van der Waals surface area contributed by atoms with Crippen LogP contribution in [0, 0.1) is 0 Å². The predicted octanol–water partition coefficient (Wildman–Crippen LogP) is -1.82. The van der Waals surface area contributed by atoms with Crippen LogP contribution in [-0.4, -0.2) is 68.1 Å². The quantitative estimate of drug-likeness (QED) is 0.350. The number of rotatable bonds is 7. The molecule has 0 aromatic carbocycles. The molecule has 0 bridgehead atoms. The molecule has 0 aromatic heterocycles. The highest BCUT2D eigenvalue weighted by Gasteiger charge is 2.29. The van der Waals surface area contributed by atoms with Crippen molar-refractivity contribution in [1.29, 1.82) is 0 Å². The van der Waals surface area contributed by atoms with Crippen LogP contribution in [0.3, 0.4) is 0 Å². The normalized spacial score (nSPS) is 20.1. The molecule has 0 amide bonds. The van der Waals surface area contributed by atoms with Gasteiger partial charge in [-0.2, -0.15) is 11.8 Å². The maximum Gasteiger partial charge on any atom is 0.111 e. The zero-order valence-electron chi connectivity index (χ0n) is 8.08. The summed E-state index contributed by atoms with van der Waals surface area (Å²) in [5.74, 6) is 1.08. The molecule has 0 saturated heterocycles. The zero-order valence-corrected chi connectivity index (χ0v) is 8.89. The van der Waals surface area contributed by atoms with Gasteiger partial charge in [-0.3, -0.25) is 0 Å². The first-order valence-corrected chi connectivity index (χ1v) is 5.60. The molecular weight excluding hydrogens is 208 g/mol. The van der Waals surface area contributed by atoms with Gasteiger partial charge in [0, 0.05) is 5.75 Å². The third-order valence-electron chi connectivity index (χ3n) is 1.82. The second-order valence-electron chi connectivity index (χ2n) is 2.96. The van der Waals surface area contributed by atoms with Crippen LogP contribution in [0.5, 0.6) is 0 Å². The van der Waals surface area contributed by atoms with Crippen molar-refractivity contribution in [3.63, 3.8) is 0 Å². The average molecular weight is 226 g/mol. The molecule has 0 fully saturated rings. The van der Waals surface area contributed by atoms with Gasteiger partial charge in [-0.25, -0.2) is 0 Å². The molecule has 86 valence electrons. The van der Waals surface area contributed by atoms with Crippen LogP contribution in [0.25, 0.3) is 0 Å². The Hall–Kier alpha value is 0.150. The number of thioether (sulfide) groups is 1. The van der Waals surface area contributed by atoms with E-state index in [2.05, 4.69) is 0 Å². The first-order chi connectivity index (χ1) is 6.54. The van der Waals surface area contributed by atoms with Gasteiger partial charge < -0.3 is 25.5 Å². The van der Waals surface area contributed by atoms with Crippen molar-refractivity contribution in [3.8, 4) is 0 Å². The van der Waals surface area contributed by atoms with E-state index in [0.29, 0.717) is 0 Å². The Balaban J connectivity index is 3.95. The summed E-state index contributed by atoms with van der Waals surface area (Å²) in [6.45, 7) is 1.26. The lowest BCUT2D eigenvalue weighted by Crippen LogP contribution is -2.46. The fourth-order valence-electron chi connectivity index (χ4n) is 0.900. The molecular formula is C8H18O5S. The monoisotopic (exact) mass is 226 g/mol. The Morgan fingerprint density at radius 1 is 1.00 bits per heavy atom. The van der Waals surface area contributed by atoms with Gasteiger partial charge in [0.2, 0.25) is 0 Å². The molecule has 0 spiro atoms. The summed E-state index contributed by atoms with van der Waals surface area (Å²) in [6, 6.07) is 0. The van der Waals surface area contributed by atoms with Crippen LogP contribution in [0.15, 0.2) is 0 Å². The van der Waals surface area contributed by atoms with Gasteiger partial charge in [0.1, 0.15) is 18.3 Å². The molecule has 4 atom stereocenters. The van der Waals surface area contributed by atoms with E-state index in [1.807, 2.05) is 6.92 Å². The maximum absolute atomic E-state index is 9.34. The summed E-state index contributed by atoms with van der Waals surface area (Å²) < 4.78 is 0. The summed E-state index contributed by atoms with van der Waals surface area (Å²) in [7, 11) is 0. The van der Waals surface area contributed by atoms with Crippen LogP contribution in [0.2, 0.25) is 0 Å². The van der Waals surface area contributed by atoms with Crippen molar-refractivity contribution >= 4 is 11.8 Å². The molecule has 5 nitrogen and oxygen atoms in total. The van der Waals surface area contributed by atoms with Gasteiger partial charge in [-0.05, 0) is 5.75 Å². The third-order valence-corrected chi connectivity index (χ3v) is 2.80. The van der Waals surface area contributed by atoms with Gasteiger partial charge >= 0.3 is 0 Å². The van der Waals surface area contributed by atoms with Crippen LogP contribution in [0.1, 0.15) is 6.92 Å². The van der Waals surface area contributed by atoms with Gasteiger partial charge in [0.05, 0.1) is 12.7 Å². The largest absolute Gasteiger partial charge is 0.394 e. The van der Waals surface area contributed by atoms with E-state index in [9.17, 15) is 15.3 Å². The summed E-state index contributed by atoms with van der Waals surface area (Å²) in [5, 5.41) is 45.4. The minimum absolute atomic E-state index is 0.285. The number of hydrogen-bond acceptors (Lipinski definition) is 6. The topological polar surface area (TPSA) is 101 Å². The number of aliphatic hydroxyl groups is 5. The Labute approximate surface area is 87.4 Å². The molecule has 5 N–H and O–H groups in total. The number of aliphatic hydroxyl groups excluding tert-OH is 5. The van der Waals surface area contributed by atoms with E-state index in [1.54, 1.807) is 0 Å². The first-order valence-electron chi connectivity index (χ1n) is 4.45. The standard InChI is InChI=1S/C8H18O5S/c1-2-14-4-6(11)8(13)7(12)5(10)3-9/h5-13H,2-4H2,1H3. The van der Waals surface area contributed by atoms with Crippen LogP contribution >= 0.6 is 11.8 Å². The highest BCUT2D eigenvalue weighted by atomic mass is 32.2. The third kappa shape index (κ3) is 4.59. The molecule has 6 heteroatoms. The Morgan fingerprint density at radius 3 is 1.93 bits per heavy atom. The van der Waals surface area contributed by atoms with Gasteiger partial charge in [-0.1, -0.05) is 6.92 Å². The van der Waals surface area contributed by atoms with Gasteiger partial charge in [0.25, 0.3) is 0 Å². The van der Waals surface area contributed by atoms with Crippen molar-refractivity contribution in [1.82, 2.24) is 0 Å². The second kappa shape index (κ2) is 7.44. The minimum Gasteiger partial charge on any atom is -0.394 e. The fraction of sp³-hybridized carbons (Fsp3) is 1.00. The minimum atomic E-state index is -1.52. The van der Waals surface area contributed by atoms with Crippen molar-refractivity contribution < 1.29 is 25.5 Å². The van der Waals surface area contributed by atoms with E-state index in [0.717, 1.165) is 5.75 Å². The molecule has 0 rings (SSSR count). The summed E-state index contributed by atoms with van der Waals surface area (Å²) in [5.41, 5.74) is 0. The Morgan fingerprint density at radius 2 is 1.50 bits per heavy atom. The Kier molecular flexibility index (Phi) is 7.52. The number of hydrogen-bond donors (Lipinski definition) is 5. The van der Waals surface area contributed by atoms with E-state index in [4.69, 9.17) is 10.2 Å². The van der Waals surface area contributed by atoms with E-state index in [-0.39, 0.29) is 5.75 Å². The van der Waals surface area contributed by atoms with E-state index < -0.39 is 31.0 Å². The molecule has 0 radical (unpaired) electrons. The fourth-order valence-corrected chi connectivity index (χ4v) is 1.57. The first kappa shape index (κ1) is 14.2. The van der Waals surface area contributed by atoms with Crippen LogP contribution < -0.4 is 0 Å². The lowest BCUT2D eigenvalue weighted by molar-refractivity contribution is -0.109. The smallest absolute Gasteiger partial charge is 0.111 e.